The van der Waals surface area contributed by atoms with Crippen LogP contribution in [0.3, 0.4) is 0 Å². The smallest absolute Gasteiger partial charge is 0.189 e. The summed E-state index contributed by atoms with van der Waals surface area (Å²) in [5, 5.41) is 57.4. The summed E-state index contributed by atoms with van der Waals surface area (Å²) in [5.74, 6) is 0. The number of aliphatic hydroxyl groups is 6. The Labute approximate surface area is 114 Å². The van der Waals surface area contributed by atoms with Crippen LogP contribution in [0.15, 0.2) is 0 Å². The second kappa shape index (κ2) is 6.18. The van der Waals surface area contributed by atoms with Crippen LogP contribution in [0.4, 0.5) is 0 Å². The minimum atomic E-state index is -1.54. The molecule has 0 aromatic heterocycles. The third-order valence-corrected chi connectivity index (χ3v) is 3.53. The third-order valence-electron chi connectivity index (χ3n) is 3.53. The van der Waals surface area contributed by atoms with Gasteiger partial charge in [0.1, 0.15) is 36.6 Å². The highest BCUT2D eigenvalue weighted by Crippen LogP contribution is 2.25. The molecule has 0 bridgehead atoms. The van der Waals surface area contributed by atoms with Gasteiger partial charge in [-0.2, -0.15) is 0 Å². The number of hydrogen-bond acceptors (Lipinski definition) is 9. The first kappa shape index (κ1) is 16.0. The fourth-order valence-electron chi connectivity index (χ4n) is 2.16. The van der Waals surface area contributed by atoms with Crippen LogP contribution in [-0.4, -0.2) is 92.6 Å². The molecule has 2 fully saturated rings. The van der Waals surface area contributed by atoms with E-state index in [1.807, 2.05) is 0 Å². The molecular formula is C11H20O9. The first-order chi connectivity index (χ1) is 9.32. The molecule has 0 amide bonds. The molecule has 2 rings (SSSR count). The zero-order valence-corrected chi connectivity index (χ0v) is 10.8. The Kier molecular flexibility index (Phi) is 4.95. The van der Waals surface area contributed by atoms with Crippen molar-refractivity contribution in [3.05, 3.63) is 0 Å². The maximum Gasteiger partial charge on any atom is 0.189 e. The van der Waals surface area contributed by atoms with Gasteiger partial charge in [-0.15, -0.1) is 0 Å². The summed E-state index contributed by atoms with van der Waals surface area (Å²) in [6.07, 6.45) is -12.0. The Morgan fingerprint density at radius 1 is 0.800 bits per heavy atom. The number of hydrogen-bond donors (Lipinski definition) is 6. The Morgan fingerprint density at radius 3 is 2.05 bits per heavy atom. The SMILES string of the molecule is C[C@@H]1O[C@@H](OC2OC[C@@H](O)[C@H](O)[C@H]2O)[C@H](O)[C@H](O)[C@H]1O. The van der Waals surface area contributed by atoms with Crippen LogP contribution >= 0.6 is 0 Å². The largest absolute Gasteiger partial charge is 0.388 e. The van der Waals surface area contributed by atoms with Crippen molar-refractivity contribution >= 4 is 0 Å². The van der Waals surface area contributed by atoms with Gasteiger partial charge < -0.3 is 44.8 Å². The molecule has 20 heavy (non-hydrogen) atoms. The van der Waals surface area contributed by atoms with Crippen molar-refractivity contribution < 1.29 is 44.8 Å². The van der Waals surface area contributed by atoms with E-state index >= 15 is 0 Å². The van der Waals surface area contributed by atoms with Gasteiger partial charge in [-0.3, -0.25) is 0 Å². The summed E-state index contributed by atoms with van der Waals surface area (Å²) < 4.78 is 15.4. The predicted octanol–water partition coefficient (Wildman–Crippen LogP) is -3.73. The molecule has 0 spiro atoms. The average molecular weight is 296 g/mol. The highest BCUT2D eigenvalue weighted by atomic mass is 16.8. The van der Waals surface area contributed by atoms with Crippen LogP contribution in [0.1, 0.15) is 6.92 Å². The van der Waals surface area contributed by atoms with E-state index in [0.29, 0.717) is 0 Å². The summed E-state index contributed by atoms with van der Waals surface area (Å²) in [4.78, 5) is 0. The van der Waals surface area contributed by atoms with Gasteiger partial charge in [0.05, 0.1) is 12.7 Å². The topological polar surface area (TPSA) is 149 Å². The normalized spacial score (nSPS) is 53.9. The van der Waals surface area contributed by atoms with E-state index < -0.39 is 55.3 Å². The van der Waals surface area contributed by atoms with Crippen LogP contribution in [0.5, 0.6) is 0 Å². The minimum absolute atomic E-state index is 0.257. The second-order valence-corrected chi connectivity index (χ2v) is 5.07. The fourth-order valence-corrected chi connectivity index (χ4v) is 2.16. The lowest BCUT2D eigenvalue weighted by Crippen LogP contribution is -2.60. The Balaban J connectivity index is 1.99. The van der Waals surface area contributed by atoms with E-state index in [1.54, 1.807) is 0 Å². The molecule has 2 saturated heterocycles. The van der Waals surface area contributed by atoms with Crippen molar-refractivity contribution in [2.24, 2.45) is 0 Å². The van der Waals surface area contributed by atoms with Gasteiger partial charge in [0.2, 0.25) is 0 Å². The number of aliphatic hydroxyl groups excluding tert-OH is 6. The van der Waals surface area contributed by atoms with Gasteiger partial charge >= 0.3 is 0 Å². The first-order valence-corrected chi connectivity index (χ1v) is 6.34. The summed E-state index contributed by atoms with van der Waals surface area (Å²) in [7, 11) is 0. The zero-order chi connectivity index (χ0) is 15.0. The molecule has 0 radical (unpaired) electrons. The van der Waals surface area contributed by atoms with Crippen molar-refractivity contribution in [2.45, 2.75) is 62.2 Å². The molecule has 0 aromatic rings. The van der Waals surface area contributed by atoms with Gasteiger partial charge in [0.15, 0.2) is 12.6 Å². The molecule has 6 N–H and O–H groups in total. The lowest BCUT2D eigenvalue weighted by atomic mass is 10.00. The Hall–Kier alpha value is -0.360. The van der Waals surface area contributed by atoms with E-state index in [4.69, 9.17) is 14.2 Å². The fraction of sp³-hybridized carbons (Fsp3) is 1.00. The van der Waals surface area contributed by atoms with E-state index in [-0.39, 0.29) is 6.61 Å². The average Bonchev–Trinajstić information content (AvgIpc) is 2.42. The maximum absolute atomic E-state index is 9.75. The van der Waals surface area contributed by atoms with Crippen LogP contribution in [0.2, 0.25) is 0 Å². The lowest BCUT2D eigenvalue weighted by molar-refractivity contribution is -0.361. The van der Waals surface area contributed by atoms with E-state index in [2.05, 4.69) is 0 Å². The highest BCUT2D eigenvalue weighted by molar-refractivity contribution is 4.89. The van der Waals surface area contributed by atoms with Crippen LogP contribution in [-0.2, 0) is 14.2 Å². The summed E-state index contributed by atoms with van der Waals surface area (Å²) >= 11 is 0. The van der Waals surface area contributed by atoms with E-state index in [0.717, 1.165) is 0 Å². The van der Waals surface area contributed by atoms with Crippen molar-refractivity contribution in [1.82, 2.24) is 0 Å². The van der Waals surface area contributed by atoms with Gasteiger partial charge in [-0.25, -0.2) is 0 Å². The van der Waals surface area contributed by atoms with E-state index in [9.17, 15) is 30.6 Å². The maximum atomic E-state index is 9.75. The van der Waals surface area contributed by atoms with Gasteiger partial charge in [0, 0.05) is 0 Å². The van der Waals surface area contributed by atoms with Crippen LogP contribution in [0.25, 0.3) is 0 Å². The molecule has 2 aliphatic heterocycles. The van der Waals surface area contributed by atoms with E-state index in [1.165, 1.54) is 6.92 Å². The number of rotatable bonds is 2. The second-order valence-electron chi connectivity index (χ2n) is 5.07. The van der Waals surface area contributed by atoms with Crippen LogP contribution < -0.4 is 0 Å². The molecule has 2 aliphatic rings. The predicted molar refractivity (Wildman–Crippen MR) is 61.2 cm³/mol. The Bertz CT molecular complexity index is 327. The minimum Gasteiger partial charge on any atom is -0.388 e. The quantitative estimate of drug-likeness (QED) is 0.302. The molecule has 0 aliphatic carbocycles. The summed E-state index contributed by atoms with van der Waals surface area (Å²) in [5.41, 5.74) is 0. The van der Waals surface area contributed by atoms with Crippen molar-refractivity contribution in [1.29, 1.82) is 0 Å². The third kappa shape index (κ3) is 2.96. The molecular weight excluding hydrogens is 276 g/mol. The molecule has 9 atom stereocenters. The molecule has 118 valence electrons. The van der Waals surface area contributed by atoms with Crippen LogP contribution in [0, 0.1) is 0 Å². The molecule has 2 heterocycles. The molecule has 0 saturated carbocycles. The molecule has 1 unspecified atom stereocenters. The zero-order valence-electron chi connectivity index (χ0n) is 10.8. The molecule has 9 nitrogen and oxygen atoms in total. The van der Waals surface area contributed by atoms with Crippen molar-refractivity contribution in [3.63, 3.8) is 0 Å². The van der Waals surface area contributed by atoms with Gasteiger partial charge in [-0.05, 0) is 6.92 Å². The summed E-state index contributed by atoms with van der Waals surface area (Å²) in [6, 6.07) is 0. The lowest BCUT2D eigenvalue weighted by Gasteiger charge is -2.42. The van der Waals surface area contributed by atoms with Crippen molar-refractivity contribution in [3.8, 4) is 0 Å². The number of ether oxygens (including phenoxy) is 3. The standard InChI is InChI=1S/C11H20O9/c1-3-5(13)7(15)9(17)11(19-3)20-10-8(16)6(14)4(12)2-18-10/h3-17H,2H2,1H3/t3-,4+,5-,6-,7+,8+,9+,10?,11-/m0/s1. The highest BCUT2D eigenvalue weighted by Gasteiger charge is 2.46. The monoisotopic (exact) mass is 296 g/mol. The molecule has 0 aromatic carbocycles. The molecule has 9 heteroatoms. The summed E-state index contributed by atoms with van der Waals surface area (Å²) in [6.45, 7) is 1.22. The van der Waals surface area contributed by atoms with Crippen molar-refractivity contribution in [2.75, 3.05) is 6.61 Å². The van der Waals surface area contributed by atoms with Gasteiger partial charge in [0.25, 0.3) is 0 Å². The first-order valence-electron chi connectivity index (χ1n) is 6.34. The Morgan fingerprint density at radius 2 is 1.40 bits per heavy atom. The van der Waals surface area contributed by atoms with Gasteiger partial charge in [-0.1, -0.05) is 0 Å².